The van der Waals surface area contributed by atoms with Gasteiger partial charge in [0.25, 0.3) is 0 Å². The molecule has 0 saturated carbocycles. The molecule has 1 rings (SSSR count). The summed E-state index contributed by atoms with van der Waals surface area (Å²) in [5.41, 5.74) is 13.0. The fraction of sp³-hybridized carbons (Fsp3) is 0.476. The quantitative estimate of drug-likeness (QED) is 0.0840. The average molecular weight is 574 g/mol. The van der Waals surface area contributed by atoms with E-state index in [0.717, 1.165) is 11.8 Å². The number of aliphatic carboxylic acids is 1. The Labute approximate surface area is 223 Å². The van der Waals surface area contributed by atoms with Crippen LogP contribution in [-0.4, -0.2) is 90.7 Å². The Balaban J connectivity index is 3.16. The van der Waals surface area contributed by atoms with Crippen LogP contribution in [0.1, 0.15) is 19.8 Å². The second-order valence-corrected chi connectivity index (χ2v) is 11.1. The zero-order valence-electron chi connectivity index (χ0n) is 20.7. The highest BCUT2D eigenvalue weighted by atomic mass is 32.2. The fourth-order valence-corrected chi connectivity index (χ4v) is 6.03. The van der Waals surface area contributed by atoms with Gasteiger partial charge < -0.3 is 26.8 Å². The van der Waals surface area contributed by atoms with Crippen LogP contribution >= 0.6 is 11.8 Å². The van der Waals surface area contributed by atoms with E-state index in [1.807, 2.05) is 0 Å². The van der Waals surface area contributed by atoms with Crippen molar-refractivity contribution >= 4 is 51.2 Å². The lowest BCUT2D eigenvalue weighted by atomic mass is 10.1. The Morgan fingerprint density at radius 2 is 1.82 bits per heavy atom. The third-order valence-electron chi connectivity index (χ3n) is 4.99. The minimum atomic E-state index is -3.99. The minimum Gasteiger partial charge on any atom is -0.480 e. The molecule has 0 aromatic heterocycles. The van der Waals surface area contributed by atoms with Gasteiger partial charge in [-0.25, -0.2) is 13.2 Å². The van der Waals surface area contributed by atoms with E-state index in [1.165, 1.54) is 38.2 Å². The van der Waals surface area contributed by atoms with Crippen molar-refractivity contribution < 1.29 is 37.5 Å². The van der Waals surface area contributed by atoms with Crippen LogP contribution in [0.3, 0.4) is 0 Å². The molecular formula is C21H31N7O8S2. The Bertz CT molecular complexity index is 1120. The molecule has 0 aliphatic carbocycles. The van der Waals surface area contributed by atoms with Crippen molar-refractivity contribution in [3.05, 3.63) is 30.3 Å². The lowest BCUT2D eigenvalue weighted by molar-refractivity contribution is -0.138. The fourth-order valence-electron chi connectivity index (χ4n) is 2.89. The number of ketones is 1. The summed E-state index contributed by atoms with van der Waals surface area (Å²) in [6.07, 6.45) is -0.218. The summed E-state index contributed by atoms with van der Waals surface area (Å²) < 4.78 is 26.0. The van der Waals surface area contributed by atoms with Crippen LogP contribution in [0.15, 0.2) is 40.5 Å². The number of carboxylic acids is 1. The highest BCUT2D eigenvalue weighted by Crippen LogP contribution is 2.23. The molecule has 1 unspecified atom stereocenters. The van der Waals surface area contributed by atoms with Crippen molar-refractivity contribution in [2.45, 2.75) is 42.1 Å². The zero-order valence-corrected chi connectivity index (χ0v) is 22.4. The number of carboxylic acid groups (broad SMARTS) is 1. The number of rotatable bonds is 16. The largest absolute Gasteiger partial charge is 0.480 e. The molecule has 4 amide bonds. The van der Waals surface area contributed by atoms with E-state index in [1.54, 1.807) is 6.07 Å². The van der Waals surface area contributed by atoms with Gasteiger partial charge in [0.05, 0.1) is 16.7 Å². The predicted molar refractivity (Wildman–Crippen MR) is 137 cm³/mol. The van der Waals surface area contributed by atoms with Crippen LogP contribution in [0, 0.1) is 5.53 Å². The number of benzene rings is 1. The topological polar surface area (TPSA) is 241 Å². The van der Waals surface area contributed by atoms with Gasteiger partial charge in [0.1, 0.15) is 23.7 Å². The highest BCUT2D eigenvalue weighted by Gasteiger charge is 2.32. The maximum Gasteiger partial charge on any atom is 0.340 e. The summed E-state index contributed by atoms with van der Waals surface area (Å²) in [5, 5.41) is 18.0. The second-order valence-electron chi connectivity index (χ2n) is 7.87. The van der Waals surface area contributed by atoms with Gasteiger partial charge in [-0.1, -0.05) is 23.4 Å². The van der Waals surface area contributed by atoms with Crippen molar-refractivity contribution in [3.63, 3.8) is 0 Å². The molecule has 0 heterocycles. The molecule has 0 aliphatic heterocycles. The van der Waals surface area contributed by atoms with Crippen LogP contribution < -0.4 is 21.7 Å². The van der Waals surface area contributed by atoms with E-state index in [0.29, 0.717) is 5.01 Å². The van der Waals surface area contributed by atoms with Crippen molar-refractivity contribution in [1.29, 1.82) is 5.53 Å². The van der Waals surface area contributed by atoms with Gasteiger partial charge in [0.2, 0.25) is 11.8 Å². The van der Waals surface area contributed by atoms with E-state index in [2.05, 4.69) is 21.2 Å². The minimum absolute atomic E-state index is 0.00209. The number of carbonyl (C=O) groups is 5. The summed E-state index contributed by atoms with van der Waals surface area (Å²) >= 11 is 0.732. The predicted octanol–water partition coefficient (Wildman–Crippen LogP) is -0.511. The monoisotopic (exact) mass is 573 g/mol. The van der Waals surface area contributed by atoms with Gasteiger partial charge in [0, 0.05) is 19.2 Å². The molecule has 0 bridgehead atoms. The first-order valence-electron chi connectivity index (χ1n) is 11.1. The Hall–Kier alpha value is -3.57. The van der Waals surface area contributed by atoms with Crippen molar-refractivity contribution in [2.24, 2.45) is 11.0 Å². The number of nitrogens with zero attached hydrogens (tertiary/aromatic N) is 2. The number of thioether (sulfide) groups is 1. The van der Waals surface area contributed by atoms with Gasteiger partial charge in [0.15, 0.2) is 9.84 Å². The number of nitrogens with two attached hydrogens (primary N) is 1. The first-order chi connectivity index (χ1) is 17.8. The van der Waals surface area contributed by atoms with Crippen LogP contribution in [-0.2, 0) is 29.0 Å². The molecular weight excluding hydrogens is 542 g/mol. The molecule has 0 radical (unpaired) electrons. The number of carbonyl (C=O) groups excluding carboxylic acids is 4. The molecule has 38 heavy (non-hydrogen) atoms. The lowest BCUT2D eigenvalue weighted by Gasteiger charge is -2.27. The number of Topliss-reactive ketones (excluding diaryl/α,β-unsaturated/α-hetero) is 1. The van der Waals surface area contributed by atoms with E-state index in [-0.39, 0.29) is 29.3 Å². The van der Waals surface area contributed by atoms with E-state index in [4.69, 9.17) is 16.4 Å². The molecule has 1 aromatic carbocycles. The van der Waals surface area contributed by atoms with Crippen LogP contribution in [0.2, 0.25) is 0 Å². The van der Waals surface area contributed by atoms with Gasteiger partial charge in [-0.3, -0.25) is 19.2 Å². The lowest BCUT2D eigenvalue weighted by Crippen LogP contribution is -2.50. The first-order valence-corrected chi connectivity index (χ1v) is 13.8. The molecule has 0 fully saturated rings. The molecule has 17 heteroatoms. The molecule has 0 spiro atoms. The van der Waals surface area contributed by atoms with Crippen LogP contribution in [0.4, 0.5) is 4.79 Å². The average Bonchev–Trinajstić information content (AvgIpc) is 2.88. The summed E-state index contributed by atoms with van der Waals surface area (Å²) in [4.78, 5) is 59.5. The van der Waals surface area contributed by atoms with Gasteiger partial charge in [-0.05, 0) is 25.5 Å². The first kappa shape index (κ1) is 32.5. The molecule has 0 saturated heterocycles. The maximum atomic E-state index is 13.0. The van der Waals surface area contributed by atoms with Gasteiger partial charge in [-0.15, -0.1) is 11.8 Å². The Morgan fingerprint density at radius 1 is 1.18 bits per heavy atom. The SMILES string of the molecule is CNC(=O)N(N=N)C(CS(=O)(=O)c1ccccc1)SC[C@H](NC(=O)CC[C@H](N)C(C)=O)C(=O)NCC(=O)O. The normalized spacial score (nSPS) is 13.3. The standard InChI is InChI=1S/C21H31N7O8S2/c1-13(29)15(22)8-9-17(30)26-16(20(33)25-10-19(31)32)11-37-18(28(27-23)21(34)24-2)12-38(35,36)14-6-4-3-5-7-14/h3-7,15-16,18,23H,8-12,22H2,1-2H3,(H,24,34)(H,25,33)(H,26,30)(H,31,32)/t15-,16-,18?/m0/s1. The summed E-state index contributed by atoms with van der Waals surface area (Å²) in [7, 11) is -2.74. The van der Waals surface area contributed by atoms with Crippen molar-refractivity contribution in [2.75, 3.05) is 25.1 Å². The van der Waals surface area contributed by atoms with Gasteiger partial charge in [-0.2, -0.15) is 10.5 Å². The highest BCUT2D eigenvalue weighted by molar-refractivity contribution is 8.01. The van der Waals surface area contributed by atoms with E-state index in [9.17, 15) is 32.4 Å². The summed E-state index contributed by atoms with van der Waals surface area (Å²) in [6.45, 7) is 0.518. The van der Waals surface area contributed by atoms with Gasteiger partial charge >= 0.3 is 12.0 Å². The summed E-state index contributed by atoms with van der Waals surface area (Å²) in [6, 6.07) is 4.21. The number of hydrogen-bond acceptors (Lipinski definition) is 11. The van der Waals surface area contributed by atoms with E-state index >= 15 is 0 Å². The Morgan fingerprint density at radius 3 is 2.34 bits per heavy atom. The molecule has 3 atom stereocenters. The number of nitrogens with one attached hydrogen (secondary N) is 4. The number of amides is 4. The third kappa shape index (κ3) is 10.8. The molecule has 15 nitrogen and oxygen atoms in total. The van der Waals surface area contributed by atoms with Crippen LogP contribution in [0.5, 0.6) is 0 Å². The molecule has 0 aliphatic rings. The maximum absolute atomic E-state index is 13.0. The number of urea groups is 1. The van der Waals surface area contributed by atoms with Crippen molar-refractivity contribution in [3.8, 4) is 0 Å². The Kier molecular flexibility index (Phi) is 13.3. The number of sulfone groups is 1. The van der Waals surface area contributed by atoms with Crippen LogP contribution in [0.25, 0.3) is 0 Å². The van der Waals surface area contributed by atoms with E-state index < -0.39 is 63.4 Å². The smallest absolute Gasteiger partial charge is 0.340 e. The third-order valence-corrected chi connectivity index (χ3v) is 8.23. The number of hydrogen-bond donors (Lipinski definition) is 6. The molecule has 1 aromatic rings. The molecule has 210 valence electrons. The van der Waals surface area contributed by atoms with Crippen molar-refractivity contribution in [1.82, 2.24) is 21.0 Å². The summed E-state index contributed by atoms with van der Waals surface area (Å²) in [5.74, 6) is -4.24. The zero-order chi connectivity index (χ0) is 28.9. The second kappa shape index (κ2) is 15.6. The molecule has 7 N–H and O–H groups in total.